The van der Waals surface area contributed by atoms with E-state index in [1.54, 1.807) is 20.8 Å². The lowest BCUT2D eigenvalue weighted by atomic mass is 10.1. The topological polar surface area (TPSA) is 67.9 Å². The zero-order chi connectivity index (χ0) is 16.9. The number of hydrazine groups is 1. The number of carbonyl (C=O) groups is 2. The standard InChI is InChI=1S/C17H24N2O4/c1-17(2,3)23-15(20)14-10-7-11-18-19(14)16(21)22-12-13-8-5-4-6-9-13/h4-6,8-9,14,18H,7,10-12H2,1-3H3. The highest BCUT2D eigenvalue weighted by atomic mass is 16.6. The normalized spacial score (nSPS) is 18.4. The Bertz CT molecular complexity index is 539. The van der Waals surface area contributed by atoms with Gasteiger partial charge in [-0.3, -0.25) is 0 Å². The Hall–Kier alpha value is -2.08. The number of amides is 1. The smallest absolute Gasteiger partial charge is 0.425 e. The van der Waals surface area contributed by atoms with E-state index in [2.05, 4.69) is 5.43 Å². The molecule has 1 aliphatic rings. The summed E-state index contributed by atoms with van der Waals surface area (Å²) >= 11 is 0. The van der Waals surface area contributed by atoms with Gasteiger partial charge in [-0.25, -0.2) is 20.0 Å². The number of rotatable bonds is 3. The minimum atomic E-state index is -0.661. The van der Waals surface area contributed by atoms with Crippen molar-refractivity contribution >= 4 is 12.1 Å². The predicted molar refractivity (Wildman–Crippen MR) is 85.3 cm³/mol. The summed E-state index contributed by atoms with van der Waals surface area (Å²) in [6.45, 7) is 6.20. The fraction of sp³-hybridized carbons (Fsp3) is 0.529. The second kappa shape index (κ2) is 7.46. The van der Waals surface area contributed by atoms with Gasteiger partial charge >= 0.3 is 12.1 Å². The van der Waals surface area contributed by atoms with Crippen molar-refractivity contribution in [1.82, 2.24) is 10.4 Å². The molecule has 1 saturated heterocycles. The van der Waals surface area contributed by atoms with E-state index in [0.717, 1.165) is 12.0 Å². The van der Waals surface area contributed by atoms with Crippen LogP contribution in [0.4, 0.5) is 4.79 Å². The van der Waals surface area contributed by atoms with Crippen LogP contribution >= 0.6 is 0 Å². The molecule has 1 aliphatic heterocycles. The molecular weight excluding hydrogens is 296 g/mol. The van der Waals surface area contributed by atoms with Crippen molar-refractivity contribution < 1.29 is 19.1 Å². The zero-order valence-electron chi connectivity index (χ0n) is 13.9. The number of nitrogens with one attached hydrogen (secondary N) is 1. The van der Waals surface area contributed by atoms with Crippen LogP contribution in [0, 0.1) is 0 Å². The number of benzene rings is 1. The van der Waals surface area contributed by atoms with Crippen molar-refractivity contribution in [2.24, 2.45) is 0 Å². The fourth-order valence-electron chi connectivity index (χ4n) is 2.31. The molecule has 1 atom stereocenters. The molecular formula is C17H24N2O4. The summed E-state index contributed by atoms with van der Waals surface area (Å²) < 4.78 is 10.7. The molecule has 1 heterocycles. The summed E-state index contributed by atoms with van der Waals surface area (Å²) in [4.78, 5) is 24.6. The molecule has 0 spiro atoms. The second-order valence-electron chi connectivity index (χ2n) is 6.51. The molecule has 1 amide bonds. The minimum Gasteiger partial charge on any atom is -0.458 e. The molecule has 1 aromatic carbocycles. The lowest BCUT2D eigenvalue weighted by Gasteiger charge is -2.35. The van der Waals surface area contributed by atoms with Crippen molar-refractivity contribution in [3.05, 3.63) is 35.9 Å². The molecule has 0 radical (unpaired) electrons. The number of hydrogen-bond acceptors (Lipinski definition) is 5. The molecule has 6 nitrogen and oxygen atoms in total. The SMILES string of the molecule is CC(C)(C)OC(=O)C1CCCNN1C(=O)OCc1ccccc1. The van der Waals surface area contributed by atoms with Crippen LogP contribution < -0.4 is 5.43 Å². The van der Waals surface area contributed by atoms with E-state index in [-0.39, 0.29) is 6.61 Å². The van der Waals surface area contributed by atoms with Gasteiger partial charge in [0.05, 0.1) is 0 Å². The molecule has 126 valence electrons. The third-order valence-corrected chi connectivity index (χ3v) is 3.33. The Morgan fingerprint density at radius 1 is 1.26 bits per heavy atom. The Kier molecular flexibility index (Phi) is 5.60. The van der Waals surface area contributed by atoms with Crippen LogP contribution in [-0.2, 0) is 20.9 Å². The van der Waals surface area contributed by atoms with Crippen molar-refractivity contribution in [2.45, 2.75) is 51.9 Å². The van der Waals surface area contributed by atoms with Gasteiger partial charge in [0.15, 0.2) is 0 Å². The third-order valence-electron chi connectivity index (χ3n) is 3.33. The summed E-state index contributed by atoms with van der Waals surface area (Å²) in [6.07, 6.45) is 0.791. The van der Waals surface area contributed by atoms with Crippen LogP contribution in [0.2, 0.25) is 0 Å². The van der Waals surface area contributed by atoms with Gasteiger partial charge in [-0.15, -0.1) is 0 Å². The average Bonchev–Trinajstić information content (AvgIpc) is 2.52. The van der Waals surface area contributed by atoms with Crippen LogP contribution in [0.25, 0.3) is 0 Å². The highest BCUT2D eigenvalue weighted by Gasteiger charge is 2.36. The van der Waals surface area contributed by atoms with E-state index in [9.17, 15) is 9.59 Å². The maximum Gasteiger partial charge on any atom is 0.425 e. The summed E-state index contributed by atoms with van der Waals surface area (Å²) in [7, 11) is 0. The van der Waals surface area contributed by atoms with Crippen molar-refractivity contribution in [1.29, 1.82) is 0 Å². The highest BCUT2D eigenvalue weighted by molar-refractivity contribution is 5.81. The molecule has 1 fully saturated rings. The Morgan fingerprint density at radius 2 is 1.96 bits per heavy atom. The summed E-state index contributed by atoms with van der Waals surface area (Å²) in [5, 5.41) is 1.25. The van der Waals surface area contributed by atoms with E-state index in [1.807, 2.05) is 30.3 Å². The van der Waals surface area contributed by atoms with Crippen LogP contribution in [-0.4, -0.2) is 35.3 Å². The molecule has 1 aromatic rings. The lowest BCUT2D eigenvalue weighted by molar-refractivity contribution is -0.163. The van der Waals surface area contributed by atoms with Crippen LogP contribution in [0.1, 0.15) is 39.2 Å². The monoisotopic (exact) mass is 320 g/mol. The largest absolute Gasteiger partial charge is 0.458 e. The van der Waals surface area contributed by atoms with Crippen LogP contribution in [0.5, 0.6) is 0 Å². The van der Waals surface area contributed by atoms with E-state index < -0.39 is 23.7 Å². The maximum absolute atomic E-state index is 12.3. The lowest BCUT2D eigenvalue weighted by Crippen LogP contribution is -2.57. The van der Waals surface area contributed by atoms with Crippen molar-refractivity contribution in [3.8, 4) is 0 Å². The van der Waals surface area contributed by atoms with Gasteiger partial charge in [0.1, 0.15) is 18.2 Å². The van der Waals surface area contributed by atoms with Gasteiger partial charge in [0.2, 0.25) is 0 Å². The van der Waals surface area contributed by atoms with E-state index in [0.29, 0.717) is 13.0 Å². The Morgan fingerprint density at radius 3 is 2.61 bits per heavy atom. The molecule has 0 saturated carbocycles. The van der Waals surface area contributed by atoms with Crippen molar-refractivity contribution in [2.75, 3.05) is 6.54 Å². The van der Waals surface area contributed by atoms with E-state index in [1.165, 1.54) is 5.01 Å². The first kappa shape index (κ1) is 17.3. The molecule has 0 bridgehead atoms. The van der Waals surface area contributed by atoms with Crippen LogP contribution in [0.15, 0.2) is 30.3 Å². The third kappa shape index (κ3) is 5.25. The number of carbonyl (C=O) groups excluding carboxylic acids is 2. The number of nitrogens with zero attached hydrogens (tertiary/aromatic N) is 1. The molecule has 2 rings (SSSR count). The average molecular weight is 320 g/mol. The summed E-state index contributed by atoms with van der Waals surface area (Å²) in [6, 6.07) is 8.75. The first-order valence-corrected chi connectivity index (χ1v) is 7.83. The van der Waals surface area contributed by atoms with Gasteiger partial charge < -0.3 is 9.47 Å². The summed E-state index contributed by atoms with van der Waals surface area (Å²) in [5.74, 6) is -0.415. The van der Waals surface area contributed by atoms with Crippen LogP contribution in [0.3, 0.4) is 0 Å². The molecule has 0 aliphatic carbocycles. The Labute approximate surface area is 136 Å². The predicted octanol–water partition coefficient (Wildman–Crippen LogP) is 2.63. The number of hydrogen-bond donors (Lipinski definition) is 1. The molecule has 1 N–H and O–H groups in total. The molecule has 23 heavy (non-hydrogen) atoms. The molecule has 0 aromatic heterocycles. The van der Waals surface area contributed by atoms with E-state index in [4.69, 9.17) is 9.47 Å². The molecule has 6 heteroatoms. The quantitative estimate of drug-likeness (QED) is 0.867. The highest BCUT2D eigenvalue weighted by Crippen LogP contribution is 2.17. The fourth-order valence-corrected chi connectivity index (χ4v) is 2.31. The van der Waals surface area contributed by atoms with Gasteiger partial charge in [-0.05, 0) is 39.2 Å². The summed E-state index contributed by atoms with van der Waals surface area (Å²) in [5.41, 5.74) is 3.24. The number of ether oxygens (including phenoxy) is 2. The number of esters is 1. The van der Waals surface area contributed by atoms with Gasteiger partial charge in [0.25, 0.3) is 0 Å². The first-order chi connectivity index (χ1) is 10.9. The second-order valence-corrected chi connectivity index (χ2v) is 6.51. The minimum absolute atomic E-state index is 0.166. The zero-order valence-corrected chi connectivity index (χ0v) is 13.9. The van der Waals surface area contributed by atoms with E-state index >= 15 is 0 Å². The van der Waals surface area contributed by atoms with Gasteiger partial charge in [-0.2, -0.15) is 0 Å². The van der Waals surface area contributed by atoms with Gasteiger partial charge in [0, 0.05) is 6.54 Å². The molecule has 1 unspecified atom stereocenters. The van der Waals surface area contributed by atoms with Crippen molar-refractivity contribution in [3.63, 3.8) is 0 Å². The van der Waals surface area contributed by atoms with Gasteiger partial charge in [-0.1, -0.05) is 30.3 Å². The first-order valence-electron chi connectivity index (χ1n) is 7.83. The Balaban J connectivity index is 1.97. The maximum atomic E-state index is 12.3.